The molecule has 148 valence electrons. The SMILES string of the molecule is COC(CNC(=NCc1nnc(C)n1C)NCC1CCCO1)C(C)(C)C. The number of nitrogens with one attached hydrogen (secondary N) is 2. The fraction of sp³-hybridized carbons (Fsp3) is 0.833. The Bertz CT molecular complexity index is 587. The third kappa shape index (κ3) is 5.95. The van der Waals surface area contributed by atoms with Crippen molar-refractivity contribution in [1.29, 1.82) is 0 Å². The topological polar surface area (TPSA) is 85.6 Å². The van der Waals surface area contributed by atoms with Crippen molar-refractivity contribution in [2.75, 3.05) is 26.8 Å². The highest BCUT2D eigenvalue weighted by Gasteiger charge is 2.24. The lowest BCUT2D eigenvalue weighted by molar-refractivity contribution is 0.0204. The van der Waals surface area contributed by atoms with Crippen molar-refractivity contribution >= 4 is 5.96 Å². The van der Waals surface area contributed by atoms with Crippen molar-refractivity contribution in [2.45, 2.75) is 59.3 Å². The third-order valence-electron chi connectivity index (χ3n) is 4.79. The first kappa shape index (κ1) is 20.6. The summed E-state index contributed by atoms with van der Waals surface area (Å²) in [5.74, 6) is 2.46. The minimum absolute atomic E-state index is 0.0438. The smallest absolute Gasteiger partial charge is 0.191 e. The highest BCUT2D eigenvalue weighted by molar-refractivity contribution is 5.79. The van der Waals surface area contributed by atoms with Gasteiger partial charge >= 0.3 is 0 Å². The van der Waals surface area contributed by atoms with Crippen molar-refractivity contribution in [1.82, 2.24) is 25.4 Å². The van der Waals surface area contributed by atoms with Gasteiger partial charge in [0.05, 0.1) is 12.2 Å². The van der Waals surface area contributed by atoms with Gasteiger partial charge in [0.25, 0.3) is 0 Å². The summed E-state index contributed by atoms with van der Waals surface area (Å²) in [7, 11) is 3.70. The number of nitrogens with zero attached hydrogens (tertiary/aromatic N) is 4. The number of rotatable bonds is 7. The molecule has 2 rings (SSSR count). The van der Waals surface area contributed by atoms with E-state index in [1.54, 1.807) is 7.11 Å². The van der Waals surface area contributed by atoms with Gasteiger partial charge in [-0.2, -0.15) is 0 Å². The van der Waals surface area contributed by atoms with Gasteiger partial charge in [0.2, 0.25) is 0 Å². The zero-order valence-corrected chi connectivity index (χ0v) is 17.0. The summed E-state index contributed by atoms with van der Waals surface area (Å²) in [6, 6.07) is 0. The molecule has 1 aliphatic heterocycles. The maximum Gasteiger partial charge on any atom is 0.191 e. The molecule has 8 nitrogen and oxygen atoms in total. The molecule has 2 unspecified atom stereocenters. The Morgan fingerprint density at radius 1 is 1.38 bits per heavy atom. The molecule has 26 heavy (non-hydrogen) atoms. The Hall–Kier alpha value is -1.67. The minimum Gasteiger partial charge on any atom is -0.379 e. The first-order valence-electron chi connectivity index (χ1n) is 9.32. The molecule has 0 saturated carbocycles. The van der Waals surface area contributed by atoms with E-state index < -0.39 is 0 Å². The van der Waals surface area contributed by atoms with Gasteiger partial charge in [-0.25, -0.2) is 4.99 Å². The van der Waals surface area contributed by atoms with Gasteiger partial charge in [0, 0.05) is 33.9 Å². The van der Waals surface area contributed by atoms with Gasteiger partial charge in [0.1, 0.15) is 12.4 Å². The van der Waals surface area contributed by atoms with Gasteiger partial charge in [0.15, 0.2) is 11.8 Å². The van der Waals surface area contributed by atoms with Gasteiger partial charge < -0.3 is 24.7 Å². The first-order chi connectivity index (χ1) is 12.3. The van der Waals surface area contributed by atoms with Crippen LogP contribution in [0.2, 0.25) is 0 Å². The summed E-state index contributed by atoms with van der Waals surface area (Å²) >= 11 is 0. The molecule has 1 aromatic heterocycles. The molecule has 2 N–H and O–H groups in total. The predicted molar refractivity (Wildman–Crippen MR) is 102 cm³/mol. The van der Waals surface area contributed by atoms with Gasteiger partial charge in [-0.15, -0.1) is 10.2 Å². The van der Waals surface area contributed by atoms with E-state index in [-0.39, 0.29) is 17.6 Å². The van der Waals surface area contributed by atoms with Crippen molar-refractivity contribution in [3.63, 3.8) is 0 Å². The van der Waals surface area contributed by atoms with Crippen LogP contribution in [-0.4, -0.2) is 59.7 Å². The van der Waals surface area contributed by atoms with E-state index in [0.29, 0.717) is 13.1 Å². The van der Waals surface area contributed by atoms with Crippen LogP contribution in [0.5, 0.6) is 0 Å². The lowest BCUT2D eigenvalue weighted by atomic mass is 9.89. The number of hydrogen-bond acceptors (Lipinski definition) is 5. The molecule has 0 aliphatic carbocycles. The number of ether oxygens (including phenoxy) is 2. The number of aliphatic imine (C=N–C) groups is 1. The molecule has 0 radical (unpaired) electrons. The largest absolute Gasteiger partial charge is 0.379 e. The second kappa shape index (κ2) is 9.32. The van der Waals surface area contributed by atoms with Crippen LogP contribution in [0, 0.1) is 12.3 Å². The van der Waals surface area contributed by atoms with Crippen LogP contribution in [0.1, 0.15) is 45.3 Å². The monoisotopic (exact) mass is 366 g/mol. The maximum atomic E-state index is 5.69. The quantitative estimate of drug-likeness (QED) is 0.560. The Balaban J connectivity index is 1.99. The first-order valence-corrected chi connectivity index (χ1v) is 9.32. The molecular weight excluding hydrogens is 332 g/mol. The summed E-state index contributed by atoms with van der Waals surface area (Å²) in [6.07, 6.45) is 2.54. The molecule has 0 amide bonds. The van der Waals surface area contributed by atoms with Crippen LogP contribution < -0.4 is 10.6 Å². The van der Waals surface area contributed by atoms with Crippen molar-refractivity contribution < 1.29 is 9.47 Å². The van der Waals surface area contributed by atoms with Crippen LogP contribution in [-0.2, 0) is 23.1 Å². The van der Waals surface area contributed by atoms with Crippen LogP contribution >= 0.6 is 0 Å². The van der Waals surface area contributed by atoms with Gasteiger partial charge in [-0.3, -0.25) is 0 Å². The summed E-state index contributed by atoms with van der Waals surface area (Å²) in [6.45, 7) is 11.2. The van der Waals surface area contributed by atoms with Crippen LogP contribution in [0.25, 0.3) is 0 Å². The zero-order valence-electron chi connectivity index (χ0n) is 17.0. The minimum atomic E-state index is 0.0438. The number of aromatic nitrogens is 3. The average Bonchev–Trinajstić information content (AvgIpc) is 3.20. The predicted octanol–water partition coefficient (Wildman–Crippen LogP) is 1.40. The second-order valence-corrected chi connectivity index (χ2v) is 7.87. The molecule has 2 atom stereocenters. The van der Waals surface area contributed by atoms with Crippen LogP contribution in [0.3, 0.4) is 0 Å². The van der Waals surface area contributed by atoms with Crippen molar-refractivity contribution in [3.05, 3.63) is 11.6 Å². The van der Waals surface area contributed by atoms with E-state index in [9.17, 15) is 0 Å². The standard InChI is InChI=1S/C18H34N6O2/c1-13-22-23-16(24(13)5)12-21-17(19-10-14-8-7-9-26-14)20-11-15(25-6)18(2,3)4/h14-15H,7-12H2,1-6H3,(H2,19,20,21). The Kier molecular flexibility index (Phi) is 7.40. The highest BCUT2D eigenvalue weighted by Crippen LogP contribution is 2.20. The second-order valence-electron chi connectivity index (χ2n) is 7.87. The van der Waals surface area contributed by atoms with E-state index in [1.165, 1.54) is 0 Å². The summed E-state index contributed by atoms with van der Waals surface area (Å²) < 4.78 is 13.3. The molecule has 1 aliphatic rings. The fourth-order valence-electron chi connectivity index (χ4n) is 2.86. The zero-order chi connectivity index (χ0) is 19.2. The lowest BCUT2D eigenvalue weighted by Gasteiger charge is -2.30. The molecule has 0 spiro atoms. The molecule has 1 saturated heterocycles. The lowest BCUT2D eigenvalue weighted by Crippen LogP contribution is -2.47. The normalized spacial score (nSPS) is 19.6. The van der Waals surface area contributed by atoms with Gasteiger partial charge in [-0.1, -0.05) is 20.8 Å². The molecule has 1 aromatic rings. The number of guanidine groups is 1. The maximum absolute atomic E-state index is 5.69. The van der Waals surface area contributed by atoms with Crippen molar-refractivity contribution in [2.24, 2.45) is 17.5 Å². The van der Waals surface area contributed by atoms with E-state index in [4.69, 9.17) is 9.47 Å². The van der Waals surface area contributed by atoms with Crippen molar-refractivity contribution in [3.8, 4) is 0 Å². The number of aryl methyl sites for hydroxylation is 1. The van der Waals surface area contributed by atoms with E-state index in [2.05, 4.69) is 46.6 Å². The number of hydrogen-bond donors (Lipinski definition) is 2. The van der Waals surface area contributed by atoms with E-state index >= 15 is 0 Å². The third-order valence-corrected chi connectivity index (χ3v) is 4.79. The Morgan fingerprint density at radius 2 is 2.15 bits per heavy atom. The fourth-order valence-corrected chi connectivity index (χ4v) is 2.86. The van der Waals surface area contributed by atoms with Crippen LogP contribution in [0.15, 0.2) is 4.99 Å². The summed E-state index contributed by atoms with van der Waals surface area (Å²) in [5.41, 5.74) is 0.0438. The Labute approximate surface area is 156 Å². The van der Waals surface area contributed by atoms with Crippen LogP contribution in [0.4, 0.5) is 0 Å². The summed E-state index contributed by atoms with van der Waals surface area (Å²) in [5, 5.41) is 15.1. The van der Waals surface area contributed by atoms with E-state index in [0.717, 1.165) is 43.6 Å². The molecule has 1 fully saturated rings. The molecule has 8 heteroatoms. The molecular formula is C18H34N6O2. The number of methoxy groups -OCH3 is 1. The highest BCUT2D eigenvalue weighted by atomic mass is 16.5. The molecule has 2 heterocycles. The molecule has 0 aromatic carbocycles. The Morgan fingerprint density at radius 3 is 2.69 bits per heavy atom. The average molecular weight is 367 g/mol. The summed E-state index contributed by atoms with van der Waals surface area (Å²) in [4.78, 5) is 4.68. The van der Waals surface area contributed by atoms with E-state index in [1.807, 2.05) is 18.5 Å². The van der Waals surface area contributed by atoms with Gasteiger partial charge in [-0.05, 0) is 25.2 Å². The molecule has 0 bridgehead atoms.